The molecule has 1 N–H and O–H groups in total. The molecule has 0 saturated heterocycles. The predicted octanol–water partition coefficient (Wildman–Crippen LogP) is 3.80. The summed E-state index contributed by atoms with van der Waals surface area (Å²) in [5.41, 5.74) is 1.96. The number of thiocarbonyl (C=S) groups is 1. The summed E-state index contributed by atoms with van der Waals surface area (Å²) in [6.45, 7) is -0.134. The van der Waals surface area contributed by atoms with Gasteiger partial charge in [0.15, 0.2) is 0 Å². The van der Waals surface area contributed by atoms with Crippen LogP contribution in [0.15, 0.2) is 60.7 Å². The van der Waals surface area contributed by atoms with E-state index in [0.29, 0.717) is 4.32 Å². The minimum atomic E-state index is -0.901. The van der Waals surface area contributed by atoms with E-state index in [2.05, 4.69) is 0 Å². The Kier molecular flexibility index (Phi) is 5.78. The molecule has 0 aliphatic heterocycles. The number of anilines is 1. The summed E-state index contributed by atoms with van der Waals surface area (Å²) < 4.78 is 0.562. The molecule has 0 heterocycles. The van der Waals surface area contributed by atoms with Crippen LogP contribution < -0.4 is 4.90 Å². The monoisotopic (exact) mass is 317 g/mol. The van der Waals surface area contributed by atoms with Crippen LogP contribution in [0.25, 0.3) is 0 Å². The maximum absolute atomic E-state index is 11.1. The summed E-state index contributed by atoms with van der Waals surface area (Å²) in [5, 5.41) is 9.07. The molecule has 0 radical (unpaired) electrons. The molecule has 0 amide bonds. The number of para-hydroxylation sites is 1. The lowest BCUT2D eigenvalue weighted by molar-refractivity contribution is -0.135. The van der Waals surface area contributed by atoms with Crippen LogP contribution in [0.4, 0.5) is 5.69 Å². The van der Waals surface area contributed by atoms with Crippen LogP contribution in [0.5, 0.6) is 0 Å². The van der Waals surface area contributed by atoms with Crippen molar-refractivity contribution in [3.63, 3.8) is 0 Å². The van der Waals surface area contributed by atoms with Crippen molar-refractivity contribution >= 4 is 40.0 Å². The fourth-order valence-corrected chi connectivity index (χ4v) is 2.96. The van der Waals surface area contributed by atoms with Gasteiger partial charge < -0.3 is 10.0 Å². The lowest BCUT2D eigenvalue weighted by atomic mass is 10.2. The number of nitrogens with zero attached hydrogens (tertiary/aromatic N) is 1. The van der Waals surface area contributed by atoms with E-state index in [9.17, 15) is 4.79 Å². The summed E-state index contributed by atoms with van der Waals surface area (Å²) >= 11 is 6.87. The molecule has 0 atom stereocenters. The maximum atomic E-state index is 11.1. The van der Waals surface area contributed by atoms with Crippen molar-refractivity contribution in [3.8, 4) is 0 Å². The Labute approximate surface area is 133 Å². The molecule has 2 aromatic rings. The number of benzene rings is 2. The Bertz CT molecular complexity index is 602. The standard InChI is InChI=1S/C16H15NO2S2/c18-15(19)11-17(14-9-5-2-6-10-14)16(20)21-12-13-7-3-1-4-8-13/h1-10H,11-12H2,(H,18,19). The number of hydrogen-bond donors (Lipinski definition) is 1. The van der Waals surface area contributed by atoms with E-state index in [-0.39, 0.29) is 6.54 Å². The highest BCUT2D eigenvalue weighted by Gasteiger charge is 2.15. The molecule has 0 saturated carbocycles. The highest BCUT2D eigenvalue weighted by atomic mass is 32.2. The lowest BCUT2D eigenvalue weighted by Gasteiger charge is -2.22. The van der Waals surface area contributed by atoms with Gasteiger partial charge in [0.1, 0.15) is 10.9 Å². The molecule has 21 heavy (non-hydrogen) atoms. The van der Waals surface area contributed by atoms with E-state index in [1.54, 1.807) is 4.90 Å². The summed E-state index contributed by atoms with van der Waals surface area (Å²) in [5.74, 6) is -0.177. The van der Waals surface area contributed by atoms with Gasteiger partial charge in [-0.05, 0) is 17.7 Å². The molecule has 5 heteroatoms. The third kappa shape index (κ3) is 4.88. The molecule has 0 fully saturated rings. The number of thioether (sulfide) groups is 1. The Morgan fingerprint density at radius 2 is 1.62 bits per heavy atom. The highest BCUT2D eigenvalue weighted by Crippen LogP contribution is 2.22. The van der Waals surface area contributed by atoms with Crippen LogP contribution in [0, 0.1) is 0 Å². The third-order valence-electron chi connectivity index (χ3n) is 2.79. The van der Waals surface area contributed by atoms with Crippen molar-refractivity contribution < 1.29 is 9.90 Å². The van der Waals surface area contributed by atoms with Gasteiger partial charge in [-0.25, -0.2) is 0 Å². The molecule has 0 aromatic heterocycles. The van der Waals surface area contributed by atoms with Crippen molar-refractivity contribution in [2.45, 2.75) is 5.75 Å². The quantitative estimate of drug-likeness (QED) is 0.850. The highest BCUT2D eigenvalue weighted by molar-refractivity contribution is 8.22. The zero-order valence-corrected chi connectivity index (χ0v) is 12.9. The van der Waals surface area contributed by atoms with E-state index < -0.39 is 5.97 Å². The number of carbonyl (C=O) groups is 1. The first kappa shape index (κ1) is 15.5. The molecule has 0 aliphatic carbocycles. The number of carboxylic acid groups (broad SMARTS) is 1. The van der Waals surface area contributed by atoms with Crippen LogP contribution >= 0.6 is 24.0 Å². The molecule has 108 valence electrons. The lowest BCUT2D eigenvalue weighted by Crippen LogP contribution is -2.32. The minimum Gasteiger partial charge on any atom is -0.480 e. The number of hydrogen-bond acceptors (Lipinski definition) is 3. The van der Waals surface area contributed by atoms with Crippen LogP contribution in [0.3, 0.4) is 0 Å². The number of rotatable bonds is 5. The first-order valence-corrected chi connectivity index (χ1v) is 7.81. The second-order valence-corrected chi connectivity index (χ2v) is 5.96. The molecule has 0 spiro atoms. The van der Waals surface area contributed by atoms with Crippen molar-refractivity contribution in [2.75, 3.05) is 11.4 Å². The molecular formula is C16H15NO2S2. The number of aliphatic carboxylic acids is 1. The zero-order valence-electron chi connectivity index (χ0n) is 11.3. The van der Waals surface area contributed by atoms with Gasteiger partial charge in [0.05, 0.1) is 0 Å². The van der Waals surface area contributed by atoms with Gasteiger partial charge >= 0.3 is 5.97 Å². The van der Waals surface area contributed by atoms with Crippen LogP contribution in [0.1, 0.15) is 5.56 Å². The smallest absolute Gasteiger partial charge is 0.323 e. The summed E-state index contributed by atoms with van der Waals surface area (Å²) in [6, 6.07) is 19.3. The van der Waals surface area contributed by atoms with E-state index in [0.717, 1.165) is 17.0 Å². The number of carboxylic acids is 1. The van der Waals surface area contributed by atoms with Gasteiger partial charge in [-0.1, -0.05) is 72.5 Å². The molecular weight excluding hydrogens is 302 g/mol. The fourth-order valence-electron chi connectivity index (χ4n) is 1.80. The molecule has 0 aliphatic rings. The van der Waals surface area contributed by atoms with E-state index >= 15 is 0 Å². The molecule has 2 rings (SSSR count). The summed E-state index contributed by atoms with van der Waals surface area (Å²) in [7, 11) is 0. The van der Waals surface area contributed by atoms with Crippen molar-refractivity contribution in [1.29, 1.82) is 0 Å². The average molecular weight is 317 g/mol. The SMILES string of the molecule is O=C(O)CN(C(=S)SCc1ccccc1)c1ccccc1. The second kappa shape index (κ2) is 7.81. The fraction of sp³-hybridized carbons (Fsp3) is 0.125. The van der Waals surface area contributed by atoms with Crippen molar-refractivity contribution in [2.24, 2.45) is 0 Å². The first-order chi connectivity index (χ1) is 10.2. The Balaban J connectivity index is 2.06. The largest absolute Gasteiger partial charge is 0.480 e. The van der Waals surface area contributed by atoms with E-state index in [1.807, 2.05) is 60.7 Å². The van der Waals surface area contributed by atoms with Gasteiger partial charge in [0, 0.05) is 11.4 Å². The van der Waals surface area contributed by atoms with Gasteiger partial charge in [-0.2, -0.15) is 0 Å². The minimum absolute atomic E-state index is 0.134. The maximum Gasteiger partial charge on any atom is 0.323 e. The van der Waals surface area contributed by atoms with Crippen LogP contribution in [-0.4, -0.2) is 21.9 Å². The molecule has 2 aromatic carbocycles. The van der Waals surface area contributed by atoms with Gasteiger partial charge in [-0.3, -0.25) is 4.79 Å². The van der Waals surface area contributed by atoms with E-state index in [1.165, 1.54) is 11.8 Å². The Morgan fingerprint density at radius 1 is 1.05 bits per heavy atom. The predicted molar refractivity (Wildman–Crippen MR) is 91.8 cm³/mol. The third-order valence-corrected chi connectivity index (χ3v) is 4.31. The van der Waals surface area contributed by atoms with E-state index in [4.69, 9.17) is 17.3 Å². The second-order valence-electron chi connectivity index (χ2n) is 4.36. The van der Waals surface area contributed by atoms with Crippen molar-refractivity contribution in [3.05, 3.63) is 66.2 Å². The summed E-state index contributed by atoms with van der Waals surface area (Å²) in [6.07, 6.45) is 0. The zero-order chi connectivity index (χ0) is 15.1. The average Bonchev–Trinajstić information content (AvgIpc) is 2.52. The van der Waals surface area contributed by atoms with Crippen molar-refractivity contribution in [1.82, 2.24) is 0 Å². The summed E-state index contributed by atoms with van der Waals surface area (Å²) in [4.78, 5) is 12.7. The topological polar surface area (TPSA) is 40.5 Å². The Hall–Kier alpha value is -1.85. The molecule has 3 nitrogen and oxygen atoms in total. The van der Waals surface area contributed by atoms with Gasteiger partial charge in [0.2, 0.25) is 0 Å². The molecule has 0 unspecified atom stereocenters. The molecule has 0 bridgehead atoms. The van der Waals surface area contributed by atoms with Gasteiger partial charge in [-0.15, -0.1) is 0 Å². The Morgan fingerprint density at radius 3 is 2.19 bits per heavy atom. The first-order valence-electron chi connectivity index (χ1n) is 6.42. The van der Waals surface area contributed by atoms with Crippen LogP contribution in [-0.2, 0) is 10.5 Å². The normalized spacial score (nSPS) is 10.1. The van der Waals surface area contributed by atoms with Gasteiger partial charge in [0.25, 0.3) is 0 Å². The van der Waals surface area contributed by atoms with Crippen LogP contribution in [0.2, 0.25) is 0 Å².